The van der Waals surface area contributed by atoms with Gasteiger partial charge in [-0.25, -0.2) is 0 Å². The summed E-state index contributed by atoms with van der Waals surface area (Å²) in [6.07, 6.45) is 0. The molecule has 26 heavy (non-hydrogen) atoms. The highest BCUT2D eigenvalue weighted by atomic mass is 16.5. The van der Waals surface area contributed by atoms with E-state index in [2.05, 4.69) is 10.6 Å². The van der Waals surface area contributed by atoms with E-state index >= 15 is 0 Å². The van der Waals surface area contributed by atoms with Gasteiger partial charge in [0.1, 0.15) is 5.75 Å². The molecule has 0 aliphatic heterocycles. The van der Waals surface area contributed by atoms with Crippen LogP contribution in [0.3, 0.4) is 0 Å². The van der Waals surface area contributed by atoms with Crippen molar-refractivity contribution in [3.8, 4) is 5.75 Å². The Morgan fingerprint density at radius 2 is 1.73 bits per heavy atom. The number of amides is 2. The molecule has 6 nitrogen and oxygen atoms in total. The molecular formula is C20H24N2O4. The summed E-state index contributed by atoms with van der Waals surface area (Å²) in [6, 6.07) is 12.6. The molecule has 0 radical (unpaired) electrons. The van der Waals surface area contributed by atoms with E-state index in [4.69, 9.17) is 9.47 Å². The Hall–Kier alpha value is -2.86. The fourth-order valence-corrected chi connectivity index (χ4v) is 2.47. The maximum absolute atomic E-state index is 12.1. The predicted molar refractivity (Wildman–Crippen MR) is 101 cm³/mol. The van der Waals surface area contributed by atoms with Gasteiger partial charge in [0, 0.05) is 24.9 Å². The van der Waals surface area contributed by atoms with Crippen LogP contribution in [0.1, 0.15) is 21.5 Å². The van der Waals surface area contributed by atoms with Crippen LogP contribution < -0.4 is 15.4 Å². The summed E-state index contributed by atoms with van der Waals surface area (Å²) in [5.74, 6) is 0.212. The highest BCUT2D eigenvalue weighted by Gasteiger charge is 2.10. The van der Waals surface area contributed by atoms with Gasteiger partial charge < -0.3 is 20.1 Å². The zero-order valence-corrected chi connectivity index (χ0v) is 15.3. The van der Waals surface area contributed by atoms with Crippen molar-refractivity contribution >= 4 is 17.5 Å². The molecule has 0 aliphatic rings. The molecule has 2 amide bonds. The van der Waals surface area contributed by atoms with Crippen molar-refractivity contribution in [1.82, 2.24) is 5.32 Å². The number of anilines is 1. The summed E-state index contributed by atoms with van der Waals surface area (Å²) in [7, 11) is 1.57. The quantitative estimate of drug-likeness (QED) is 0.713. The van der Waals surface area contributed by atoms with Crippen molar-refractivity contribution in [2.75, 3.05) is 32.2 Å². The van der Waals surface area contributed by atoms with Gasteiger partial charge in [0.2, 0.25) is 0 Å². The molecule has 0 saturated carbocycles. The first-order chi connectivity index (χ1) is 12.5. The van der Waals surface area contributed by atoms with Gasteiger partial charge >= 0.3 is 0 Å². The largest absolute Gasteiger partial charge is 0.483 e. The number of para-hydroxylation sites is 1. The Balaban J connectivity index is 1.92. The van der Waals surface area contributed by atoms with Crippen LogP contribution in [0, 0.1) is 13.8 Å². The van der Waals surface area contributed by atoms with Crippen LogP contribution in [0.15, 0.2) is 42.5 Å². The monoisotopic (exact) mass is 356 g/mol. The van der Waals surface area contributed by atoms with Gasteiger partial charge in [0.05, 0.1) is 6.61 Å². The highest BCUT2D eigenvalue weighted by Crippen LogP contribution is 2.22. The molecule has 0 aromatic heterocycles. The third kappa shape index (κ3) is 5.60. The van der Waals surface area contributed by atoms with Gasteiger partial charge in [0.15, 0.2) is 6.61 Å². The number of aryl methyl sites for hydroxylation is 2. The van der Waals surface area contributed by atoms with Gasteiger partial charge in [-0.2, -0.15) is 0 Å². The van der Waals surface area contributed by atoms with E-state index in [0.717, 1.165) is 11.1 Å². The Kier molecular flexibility index (Phi) is 7.17. The normalized spacial score (nSPS) is 10.3. The third-order valence-electron chi connectivity index (χ3n) is 3.76. The van der Waals surface area contributed by atoms with Crippen LogP contribution in [0.2, 0.25) is 0 Å². The van der Waals surface area contributed by atoms with Gasteiger partial charge in [-0.05, 0) is 43.2 Å². The first kappa shape index (κ1) is 19.5. The summed E-state index contributed by atoms with van der Waals surface area (Å²) in [5.41, 5.74) is 2.97. The van der Waals surface area contributed by atoms with Gasteiger partial charge in [-0.1, -0.05) is 24.3 Å². The minimum Gasteiger partial charge on any atom is -0.483 e. The minimum atomic E-state index is -0.287. The number of methoxy groups -OCH3 is 1. The Morgan fingerprint density at radius 3 is 2.42 bits per heavy atom. The Morgan fingerprint density at radius 1 is 1.04 bits per heavy atom. The average molecular weight is 356 g/mol. The number of ether oxygens (including phenoxy) is 2. The number of carbonyl (C=O) groups is 2. The van der Waals surface area contributed by atoms with Gasteiger partial charge in [-0.3, -0.25) is 9.59 Å². The van der Waals surface area contributed by atoms with E-state index in [1.165, 1.54) is 0 Å². The van der Waals surface area contributed by atoms with Crippen LogP contribution in [-0.4, -0.2) is 38.7 Å². The van der Waals surface area contributed by atoms with Crippen molar-refractivity contribution in [2.45, 2.75) is 13.8 Å². The zero-order valence-electron chi connectivity index (χ0n) is 15.3. The second kappa shape index (κ2) is 9.58. The number of hydrogen-bond donors (Lipinski definition) is 2. The fraction of sp³-hybridized carbons (Fsp3) is 0.300. The summed E-state index contributed by atoms with van der Waals surface area (Å²) >= 11 is 0. The Labute approximate surface area is 153 Å². The zero-order chi connectivity index (χ0) is 18.9. The number of hydrogen-bond acceptors (Lipinski definition) is 4. The van der Waals surface area contributed by atoms with Crippen molar-refractivity contribution in [2.24, 2.45) is 0 Å². The molecule has 2 aromatic carbocycles. The summed E-state index contributed by atoms with van der Waals surface area (Å²) in [6.45, 7) is 4.64. The van der Waals surface area contributed by atoms with E-state index in [9.17, 15) is 9.59 Å². The lowest BCUT2D eigenvalue weighted by Crippen LogP contribution is -2.27. The van der Waals surface area contributed by atoms with Crippen molar-refractivity contribution < 1.29 is 19.1 Å². The number of benzene rings is 2. The molecule has 0 bridgehead atoms. The number of rotatable bonds is 8. The number of carbonyl (C=O) groups excluding carboxylic acids is 2. The summed E-state index contributed by atoms with van der Waals surface area (Å²) in [5, 5.41) is 5.48. The number of nitrogens with one attached hydrogen (secondary N) is 2. The van der Waals surface area contributed by atoms with Crippen LogP contribution >= 0.6 is 0 Å². The second-order valence-corrected chi connectivity index (χ2v) is 5.89. The summed E-state index contributed by atoms with van der Waals surface area (Å²) in [4.78, 5) is 24.2. The van der Waals surface area contributed by atoms with Gasteiger partial charge in [-0.15, -0.1) is 0 Å². The molecule has 2 rings (SSSR count). The molecule has 2 aromatic rings. The van der Waals surface area contributed by atoms with E-state index in [1.807, 2.05) is 32.0 Å². The molecule has 2 N–H and O–H groups in total. The molecule has 0 atom stereocenters. The average Bonchev–Trinajstić information content (AvgIpc) is 2.61. The standard InChI is InChI=1S/C20H24N2O4/c1-14-6-4-7-15(2)19(14)26-13-18(23)22-17-9-5-8-16(12-17)20(24)21-10-11-25-3/h4-9,12H,10-11,13H2,1-3H3,(H,21,24)(H,22,23). The predicted octanol–water partition coefficient (Wildman–Crippen LogP) is 2.70. The lowest BCUT2D eigenvalue weighted by Gasteiger charge is -2.12. The first-order valence-electron chi connectivity index (χ1n) is 8.37. The highest BCUT2D eigenvalue weighted by molar-refractivity contribution is 5.97. The molecular weight excluding hydrogens is 332 g/mol. The maximum atomic E-state index is 12.1. The van der Waals surface area contributed by atoms with Crippen LogP contribution in [-0.2, 0) is 9.53 Å². The lowest BCUT2D eigenvalue weighted by molar-refractivity contribution is -0.118. The molecule has 0 fully saturated rings. The summed E-state index contributed by atoms with van der Waals surface area (Å²) < 4.78 is 10.5. The molecule has 138 valence electrons. The van der Waals surface area contributed by atoms with E-state index in [-0.39, 0.29) is 18.4 Å². The molecule has 6 heteroatoms. The van der Waals surface area contributed by atoms with Gasteiger partial charge in [0.25, 0.3) is 11.8 Å². The lowest BCUT2D eigenvalue weighted by atomic mass is 10.1. The van der Waals surface area contributed by atoms with E-state index < -0.39 is 0 Å². The van der Waals surface area contributed by atoms with Crippen molar-refractivity contribution in [1.29, 1.82) is 0 Å². The van der Waals surface area contributed by atoms with E-state index in [1.54, 1.807) is 31.4 Å². The second-order valence-electron chi connectivity index (χ2n) is 5.89. The smallest absolute Gasteiger partial charge is 0.262 e. The SMILES string of the molecule is COCCNC(=O)c1cccc(NC(=O)COc2c(C)cccc2C)c1. The van der Waals surface area contributed by atoms with Crippen LogP contribution in [0.4, 0.5) is 5.69 Å². The first-order valence-corrected chi connectivity index (χ1v) is 8.37. The minimum absolute atomic E-state index is 0.101. The van der Waals surface area contributed by atoms with E-state index in [0.29, 0.717) is 30.2 Å². The van der Waals surface area contributed by atoms with Crippen molar-refractivity contribution in [3.63, 3.8) is 0 Å². The fourth-order valence-electron chi connectivity index (χ4n) is 2.47. The third-order valence-corrected chi connectivity index (χ3v) is 3.76. The topological polar surface area (TPSA) is 76.7 Å². The van der Waals surface area contributed by atoms with Crippen LogP contribution in [0.5, 0.6) is 5.75 Å². The molecule has 0 aliphatic carbocycles. The Bertz CT molecular complexity index is 754. The molecule has 0 saturated heterocycles. The van der Waals surface area contributed by atoms with Crippen LogP contribution in [0.25, 0.3) is 0 Å². The molecule has 0 unspecified atom stereocenters. The maximum Gasteiger partial charge on any atom is 0.262 e. The molecule has 0 heterocycles. The van der Waals surface area contributed by atoms with Crippen molar-refractivity contribution in [3.05, 3.63) is 59.2 Å². The molecule has 0 spiro atoms.